The van der Waals surface area contributed by atoms with Gasteiger partial charge in [0.15, 0.2) is 0 Å². The molecule has 1 N–H and O–H groups in total. The van der Waals surface area contributed by atoms with Crippen LogP contribution in [0.3, 0.4) is 0 Å². The fourth-order valence-electron chi connectivity index (χ4n) is 1.65. The van der Waals surface area contributed by atoms with Crippen molar-refractivity contribution < 1.29 is 14.0 Å². The Bertz CT molecular complexity index is 407. The molecular weight excluding hydrogens is 240 g/mol. The van der Waals surface area contributed by atoms with Gasteiger partial charge in [-0.15, -0.1) is 0 Å². The van der Waals surface area contributed by atoms with E-state index in [9.17, 15) is 4.79 Å². The van der Waals surface area contributed by atoms with E-state index in [1.807, 2.05) is 24.3 Å². The molecule has 106 valence electrons. The number of carbonyl (C=O) groups is 1. The molecule has 0 aromatic heterocycles. The summed E-state index contributed by atoms with van der Waals surface area (Å²) in [5.74, 6) is 0.572. The molecule has 0 bridgehead atoms. The monoisotopic (exact) mass is 265 g/mol. The van der Waals surface area contributed by atoms with Gasteiger partial charge in [-0.3, -0.25) is 0 Å². The minimum atomic E-state index is -0.439. The van der Waals surface area contributed by atoms with Gasteiger partial charge >= 0.3 is 6.09 Å². The lowest BCUT2D eigenvalue weighted by molar-refractivity contribution is -0.894. The van der Waals surface area contributed by atoms with E-state index in [2.05, 4.69) is 33.4 Å². The highest BCUT2D eigenvalue weighted by molar-refractivity contribution is 5.69. The van der Waals surface area contributed by atoms with Crippen LogP contribution in [0.25, 0.3) is 0 Å². The van der Waals surface area contributed by atoms with Crippen LogP contribution in [0, 0.1) is 0 Å². The number of benzene rings is 1. The average molecular weight is 265 g/mol. The minimum Gasteiger partial charge on any atom is -0.410 e. The lowest BCUT2D eigenvalue weighted by Gasteiger charge is -2.31. The van der Waals surface area contributed by atoms with Gasteiger partial charge in [-0.05, 0) is 31.0 Å². The summed E-state index contributed by atoms with van der Waals surface area (Å²) >= 11 is 0. The molecule has 1 unspecified atom stereocenters. The molecule has 4 heteroatoms. The Kier molecular flexibility index (Phi) is 5.36. The van der Waals surface area contributed by atoms with Crippen molar-refractivity contribution in [3.8, 4) is 5.75 Å². The van der Waals surface area contributed by atoms with Gasteiger partial charge in [0, 0.05) is 13.5 Å². The Morgan fingerprint density at radius 3 is 2.32 bits per heavy atom. The molecule has 0 fully saturated rings. The third kappa shape index (κ3) is 5.30. The predicted molar refractivity (Wildman–Crippen MR) is 77.3 cm³/mol. The molecule has 0 spiro atoms. The maximum absolute atomic E-state index is 11.1. The Balaban J connectivity index is 2.51. The first-order valence-electron chi connectivity index (χ1n) is 6.62. The third-order valence-electron chi connectivity index (χ3n) is 3.51. The van der Waals surface area contributed by atoms with Gasteiger partial charge < -0.3 is 14.5 Å². The summed E-state index contributed by atoms with van der Waals surface area (Å²) < 4.78 is 6.02. The number of quaternary nitrogens is 1. The highest BCUT2D eigenvalue weighted by atomic mass is 16.5. The van der Waals surface area contributed by atoms with E-state index in [-0.39, 0.29) is 0 Å². The SMILES string of the molecule is CNC(=O)Oc1ccc(CCC(C)[N+](C)(C)C)cc1. The molecule has 1 aromatic rings. The molecule has 4 nitrogen and oxygen atoms in total. The van der Waals surface area contributed by atoms with Crippen LogP contribution in [0.4, 0.5) is 4.79 Å². The number of amides is 1. The molecule has 0 heterocycles. The number of nitrogens with one attached hydrogen (secondary N) is 1. The van der Waals surface area contributed by atoms with E-state index in [1.54, 1.807) is 7.05 Å². The minimum absolute atomic E-state index is 0.439. The first kappa shape index (κ1) is 15.5. The topological polar surface area (TPSA) is 38.3 Å². The van der Waals surface area contributed by atoms with Crippen LogP contribution in [-0.2, 0) is 6.42 Å². The normalized spacial score (nSPS) is 12.9. The lowest BCUT2D eigenvalue weighted by Crippen LogP contribution is -2.43. The zero-order valence-corrected chi connectivity index (χ0v) is 12.6. The molecule has 1 atom stereocenters. The van der Waals surface area contributed by atoms with Crippen molar-refractivity contribution >= 4 is 6.09 Å². The van der Waals surface area contributed by atoms with E-state index in [0.717, 1.165) is 17.3 Å². The lowest BCUT2D eigenvalue weighted by atomic mass is 10.0. The number of rotatable bonds is 5. The number of hydrogen-bond acceptors (Lipinski definition) is 2. The van der Waals surface area contributed by atoms with Crippen LogP contribution >= 0.6 is 0 Å². The van der Waals surface area contributed by atoms with Gasteiger partial charge in [0.05, 0.1) is 27.2 Å². The van der Waals surface area contributed by atoms with Crippen LogP contribution < -0.4 is 10.1 Å². The summed E-state index contributed by atoms with van der Waals surface area (Å²) in [6, 6.07) is 8.31. The van der Waals surface area contributed by atoms with Crippen LogP contribution in [-0.4, -0.2) is 44.8 Å². The van der Waals surface area contributed by atoms with Crippen LogP contribution in [0.15, 0.2) is 24.3 Å². The van der Waals surface area contributed by atoms with Crippen molar-refractivity contribution in [1.29, 1.82) is 0 Å². The smallest absolute Gasteiger partial charge is 0.410 e. The summed E-state index contributed by atoms with van der Waals surface area (Å²) in [6.45, 7) is 2.27. The number of ether oxygens (including phenoxy) is 1. The number of aryl methyl sites for hydroxylation is 1. The van der Waals surface area contributed by atoms with Crippen molar-refractivity contribution in [3.05, 3.63) is 29.8 Å². The van der Waals surface area contributed by atoms with Gasteiger partial charge in [0.1, 0.15) is 5.75 Å². The summed E-state index contributed by atoms with van der Waals surface area (Å²) in [4.78, 5) is 11.1. The first-order valence-corrected chi connectivity index (χ1v) is 6.62. The Morgan fingerprint density at radius 1 is 1.26 bits per heavy atom. The van der Waals surface area contributed by atoms with Gasteiger partial charge in [-0.25, -0.2) is 4.79 Å². The second kappa shape index (κ2) is 6.57. The van der Waals surface area contributed by atoms with Crippen molar-refractivity contribution in [3.63, 3.8) is 0 Å². The molecule has 19 heavy (non-hydrogen) atoms. The first-order chi connectivity index (χ1) is 8.82. The largest absolute Gasteiger partial charge is 0.412 e. The van der Waals surface area contributed by atoms with E-state index in [1.165, 1.54) is 5.56 Å². The second-order valence-corrected chi connectivity index (χ2v) is 5.79. The maximum atomic E-state index is 11.1. The van der Waals surface area contributed by atoms with Gasteiger partial charge in [-0.1, -0.05) is 12.1 Å². The van der Waals surface area contributed by atoms with Gasteiger partial charge in [0.25, 0.3) is 0 Å². The summed E-state index contributed by atoms with van der Waals surface area (Å²) in [6.07, 6.45) is 1.74. The van der Waals surface area contributed by atoms with E-state index >= 15 is 0 Å². The molecule has 0 saturated carbocycles. The van der Waals surface area contributed by atoms with Gasteiger partial charge in [-0.2, -0.15) is 0 Å². The molecule has 1 aromatic carbocycles. The summed E-state index contributed by atoms with van der Waals surface area (Å²) in [5.41, 5.74) is 1.27. The third-order valence-corrected chi connectivity index (χ3v) is 3.51. The standard InChI is InChI=1S/C15H24N2O2/c1-12(17(3,4)5)6-7-13-8-10-14(11-9-13)19-15(18)16-2/h8-12H,6-7H2,1-5H3/p+1. The average Bonchev–Trinajstić information content (AvgIpc) is 2.36. The van der Waals surface area contributed by atoms with E-state index in [0.29, 0.717) is 11.8 Å². The number of nitrogens with zero attached hydrogens (tertiary/aromatic N) is 1. The van der Waals surface area contributed by atoms with Crippen molar-refractivity contribution in [2.75, 3.05) is 28.2 Å². The Labute approximate surface area is 116 Å². The molecule has 1 rings (SSSR count). The molecule has 0 aliphatic carbocycles. The quantitative estimate of drug-likeness (QED) is 0.830. The highest BCUT2D eigenvalue weighted by Gasteiger charge is 2.17. The van der Waals surface area contributed by atoms with E-state index in [4.69, 9.17) is 4.74 Å². The highest BCUT2D eigenvalue weighted by Crippen LogP contribution is 2.16. The molecule has 0 aliphatic rings. The number of carbonyl (C=O) groups excluding carboxylic acids is 1. The second-order valence-electron chi connectivity index (χ2n) is 5.79. The summed E-state index contributed by atoms with van der Waals surface area (Å²) in [5, 5.41) is 2.42. The zero-order valence-electron chi connectivity index (χ0n) is 12.6. The van der Waals surface area contributed by atoms with Crippen LogP contribution in [0.2, 0.25) is 0 Å². The Morgan fingerprint density at radius 2 is 1.84 bits per heavy atom. The molecular formula is C15H25N2O2+. The fraction of sp³-hybridized carbons (Fsp3) is 0.533. The van der Waals surface area contributed by atoms with E-state index < -0.39 is 6.09 Å². The van der Waals surface area contributed by atoms with Crippen LogP contribution in [0.1, 0.15) is 18.9 Å². The van der Waals surface area contributed by atoms with Gasteiger partial charge in [0.2, 0.25) is 0 Å². The summed E-state index contributed by atoms with van der Waals surface area (Å²) in [7, 11) is 8.18. The van der Waals surface area contributed by atoms with Crippen molar-refractivity contribution in [1.82, 2.24) is 5.32 Å². The zero-order chi connectivity index (χ0) is 14.5. The Hall–Kier alpha value is -1.55. The molecule has 0 aliphatic heterocycles. The predicted octanol–water partition coefficient (Wildman–Crippen LogP) is 2.43. The molecule has 1 amide bonds. The van der Waals surface area contributed by atoms with Crippen molar-refractivity contribution in [2.45, 2.75) is 25.8 Å². The maximum Gasteiger partial charge on any atom is 0.412 e. The van der Waals surface area contributed by atoms with Crippen LogP contribution in [0.5, 0.6) is 5.75 Å². The fourth-order valence-corrected chi connectivity index (χ4v) is 1.65. The molecule has 0 saturated heterocycles. The molecule has 0 radical (unpaired) electrons. The van der Waals surface area contributed by atoms with Crippen molar-refractivity contribution in [2.24, 2.45) is 0 Å². The number of hydrogen-bond donors (Lipinski definition) is 1.